The van der Waals surface area contributed by atoms with Gasteiger partial charge in [-0.25, -0.2) is 4.79 Å². The quantitative estimate of drug-likeness (QED) is 0.516. The summed E-state index contributed by atoms with van der Waals surface area (Å²) in [5.41, 5.74) is 0.0912. The Morgan fingerprint density at radius 2 is 2.00 bits per heavy atom. The smallest absolute Gasteiger partial charge is 0.236 e. The fourth-order valence-electron chi connectivity index (χ4n) is 2.59. The van der Waals surface area contributed by atoms with Crippen LogP contribution in [0.2, 0.25) is 0 Å². The molecular formula is C16H16ClNO2. The van der Waals surface area contributed by atoms with E-state index in [1.54, 1.807) is 13.1 Å². The number of hydrogen-bond donors (Lipinski definition) is 1. The summed E-state index contributed by atoms with van der Waals surface area (Å²) in [6.07, 6.45) is 3.63. The highest BCUT2D eigenvalue weighted by Gasteiger charge is 2.49. The second-order valence-electron chi connectivity index (χ2n) is 4.88. The van der Waals surface area contributed by atoms with Gasteiger partial charge in [0.1, 0.15) is 11.4 Å². The fraction of sp³-hybridized carbons (Fsp3) is 0.312. The number of carbonyl (C=O) groups excluding carboxylic acids is 2. The van der Waals surface area contributed by atoms with Crippen molar-refractivity contribution in [3.05, 3.63) is 53.6 Å². The SMILES string of the molecule is CNC(=O)C1(c2ccccc2)C=CC(C)C(=C=O)C1Cl. The molecule has 3 atom stereocenters. The van der Waals surface area contributed by atoms with Crippen molar-refractivity contribution in [2.45, 2.75) is 17.7 Å². The molecule has 1 aliphatic rings. The highest BCUT2D eigenvalue weighted by atomic mass is 35.5. The summed E-state index contributed by atoms with van der Waals surface area (Å²) < 4.78 is 0. The van der Waals surface area contributed by atoms with E-state index < -0.39 is 10.8 Å². The van der Waals surface area contributed by atoms with Crippen molar-refractivity contribution < 1.29 is 9.59 Å². The molecule has 0 heterocycles. The first-order chi connectivity index (χ1) is 9.57. The van der Waals surface area contributed by atoms with Crippen molar-refractivity contribution in [2.24, 2.45) is 5.92 Å². The first-order valence-electron chi connectivity index (χ1n) is 6.44. The van der Waals surface area contributed by atoms with E-state index in [1.165, 1.54) is 0 Å². The number of allylic oxidation sites excluding steroid dienone is 2. The highest BCUT2D eigenvalue weighted by Crippen LogP contribution is 2.42. The van der Waals surface area contributed by atoms with Crippen LogP contribution in [-0.4, -0.2) is 24.3 Å². The zero-order valence-electron chi connectivity index (χ0n) is 11.4. The molecule has 3 unspecified atom stereocenters. The molecule has 0 aromatic heterocycles. The summed E-state index contributed by atoms with van der Waals surface area (Å²) >= 11 is 6.50. The van der Waals surface area contributed by atoms with Crippen LogP contribution in [0.15, 0.2) is 48.1 Å². The number of nitrogens with one attached hydrogen (secondary N) is 1. The van der Waals surface area contributed by atoms with E-state index >= 15 is 0 Å². The van der Waals surface area contributed by atoms with Gasteiger partial charge in [-0.2, -0.15) is 0 Å². The second-order valence-corrected chi connectivity index (χ2v) is 5.32. The van der Waals surface area contributed by atoms with E-state index in [0.717, 1.165) is 5.56 Å². The van der Waals surface area contributed by atoms with Gasteiger partial charge in [0.15, 0.2) is 0 Å². The van der Waals surface area contributed by atoms with Gasteiger partial charge in [0, 0.05) is 18.5 Å². The third-order valence-electron chi connectivity index (χ3n) is 3.78. The van der Waals surface area contributed by atoms with Crippen LogP contribution in [0.4, 0.5) is 0 Å². The third-order valence-corrected chi connectivity index (χ3v) is 4.36. The van der Waals surface area contributed by atoms with E-state index in [9.17, 15) is 9.59 Å². The lowest BCUT2D eigenvalue weighted by Crippen LogP contribution is -2.51. The fourth-order valence-corrected chi connectivity index (χ4v) is 3.13. The summed E-state index contributed by atoms with van der Waals surface area (Å²) in [6, 6.07) is 9.25. The van der Waals surface area contributed by atoms with Gasteiger partial charge in [-0.3, -0.25) is 4.79 Å². The summed E-state index contributed by atoms with van der Waals surface area (Å²) in [5.74, 6) is 1.56. The Kier molecular flexibility index (Phi) is 4.12. The van der Waals surface area contributed by atoms with Gasteiger partial charge in [0.2, 0.25) is 5.91 Å². The van der Waals surface area contributed by atoms with Gasteiger partial charge in [-0.15, -0.1) is 11.6 Å². The number of amides is 1. The average Bonchev–Trinajstić information content (AvgIpc) is 2.48. The first kappa shape index (κ1) is 14.6. The van der Waals surface area contributed by atoms with E-state index in [2.05, 4.69) is 5.32 Å². The van der Waals surface area contributed by atoms with Crippen LogP contribution in [0.5, 0.6) is 0 Å². The topological polar surface area (TPSA) is 46.2 Å². The maximum absolute atomic E-state index is 12.5. The summed E-state index contributed by atoms with van der Waals surface area (Å²) in [5, 5.41) is 1.90. The minimum Gasteiger partial charge on any atom is -0.358 e. The van der Waals surface area contributed by atoms with E-state index in [0.29, 0.717) is 5.57 Å². The Labute approximate surface area is 123 Å². The number of likely N-dealkylation sites (N-methyl/N-ethyl adjacent to an activating group) is 1. The molecule has 0 spiro atoms. The molecule has 1 N–H and O–H groups in total. The van der Waals surface area contributed by atoms with Gasteiger partial charge in [0.05, 0.1) is 5.38 Å². The Hall–Kier alpha value is -1.83. The van der Waals surface area contributed by atoms with Crippen LogP contribution in [0.1, 0.15) is 12.5 Å². The minimum absolute atomic E-state index is 0.114. The van der Waals surface area contributed by atoms with Gasteiger partial charge in [0.25, 0.3) is 0 Å². The van der Waals surface area contributed by atoms with E-state index in [1.807, 2.05) is 49.3 Å². The molecule has 4 heteroatoms. The lowest BCUT2D eigenvalue weighted by molar-refractivity contribution is -0.124. The van der Waals surface area contributed by atoms with Gasteiger partial charge in [-0.1, -0.05) is 49.4 Å². The van der Waals surface area contributed by atoms with Crippen LogP contribution in [0.3, 0.4) is 0 Å². The maximum Gasteiger partial charge on any atom is 0.236 e. The lowest BCUT2D eigenvalue weighted by atomic mass is 9.68. The normalized spacial score (nSPS) is 28.9. The molecule has 0 saturated heterocycles. The first-order valence-corrected chi connectivity index (χ1v) is 6.87. The number of rotatable bonds is 2. The Morgan fingerprint density at radius 1 is 1.35 bits per heavy atom. The number of carbonyl (C=O) groups is 1. The van der Waals surface area contributed by atoms with Crippen molar-refractivity contribution in [2.75, 3.05) is 7.05 Å². The molecule has 20 heavy (non-hydrogen) atoms. The number of alkyl halides is 1. The van der Waals surface area contributed by atoms with E-state index in [-0.39, 0.29) is 11.8 Å². The van der Waals surface area contributed by atoms with Crippen LogP contribution >= 0.6 is 11.6 Å². The van der Waals surface area contributed by atoms with Gasteiger partial charge in [-0.05, 0) is 5.56 Å². The zero-order valence-corrected chi connectivity index (χ0v) is 12.1. The Bertz CT molecular complexity index is 590. The lowest BCUT2D eigenvalue weighted by Gasteiger charge is -2.38. The molecule has 1 aliphatic carbocycles. The van der Waals surface area contributed by atoms with Crippen molar-refractivity contribution >= 4 is 23.4 Å². The molecule has 2 rings (SSSR count). The van der Waals surface area contributed by atoms with Crippen LogP contribution < -0.4 is 5.32 Å². The molecule has 1 aromatic rings. The van der Waals surface area contributed by atoms with Crippen molar-refractivity contribution in [1.82, 2.24) is 5.32 Å². The summed E-state index contributed by atoms with van der Waals surface area (Å²) in [7, 11) is 1.56. The van der Waals surface area contributed by atoms with E-state index in [4.69, 9.17) is 11.6 Å². The molecule has 0 aliphatic heterocycles. The second kappa shape index (κ2) is 5.66. The molecule has 3 nitrogen and oxygen atoms in total. The minimum atomic E-state index is -1.07. The number of benzene rings is 1. The summed E-state index contributed by atoms with van der Waals surface area (Å²) in [4.78, 5) is 23.7. The molecule has 0 saturated carbocycles. The Morgan fingerprint density at radius 3 is 2.55 bits per heavy atom. The standard InChI is InChI=1S/C16H16ClNO2/c1-11-8-9-16(15(20)18-2,14(17)13(11)10-19)12-6-4-3-5-7-12/h3-9,11,14H,1-2H3,(H,18,20). The van der Waals surface area contributed by atoms with Gasteiger partial charge >= 0.3 is 0 Å². The van der Waals surface area contributed by atoms with Gasteiger partial charge < -0.3 is 5.32 Å². The van der Waals surface area contributed by atoms with Crippen LogP contribution in [-0.2, 0) is 15.0 Å². The molecular weight excluding hydrogens is 274 g/mol. The number of hydrogen-bond acceptors (Lipinski definition) is 2. The molecule has 0 fully saturated rings. The van der Waals surface area contributed by atoms with Crippen LogP contribution in [0.25, 0.3) is 0 Å². The molecule has 0 radical (unpaired) electrons. The Balaban J connectivity index is 2.69. The number of halogens is 1. The third kappa shape index (κ3) is 2.09. The summed E-state index contributed by atoms with van der Waals surface area (Å²) in [6.45, 7) is 1.87. The molecule has 1 aromatic carbocycles. The molecule has 1 amide bonds. The van der Waals surface area contributed by atoms with Crippen molar-refractivity contribution in [3.8, 4) is 0 Å². The predicted molar refractivity (Wildman–Crippen MR) is 79.3 cm³/mol. The monoisotopic (exact) mass is 289 g/mol. The molecule has 0 bridgehead atoms. The van der Waals surface area contributed by atoms with Crippen molar-refractivity contribution in [1.29, 1.82) is 0 Å². The zero-order chi connectivity index (χ0) is 14.8. The van der Waals surface area contributed by atoms with Crippen molar-refractivity contribution in [3.63, 3.8) is 0 Å². The highest BCUT2D eigenvalue weighted by molar-refractivity contribution is 6.27. The average molecular weight is 290 g/mol. The van der Waals surface area contributed by atoms with Crippen LogP contribution in [0, 0.1) is 5.92 Å². The molecule has 104 valence electrons. The largest absolute Gasteiger partial charge is 0.358 e. The predicted octanol–water partition coefficient (Wildman–Crippen LogP) is 2.24. The maximum atomic E-state index is 12.5.